The van der Waals surface area contributed by atoms with Crippen molar-refractivity contribution in [2.24, 2.45) is 7.05 Å². The lowest BCUT2D eigenvalue weighted by molar-refractivity contribution is 0.169. The highest BCUT2D eigenvalue weighted by atomic mass is 16.6. The summed E-state index contributed by atoms with van der Waals surface area (Å²) in [6, 6.07) is 5.99. The van der Waals surface area contributed by atoms with Gasteiger partial charge in [0.2, 0.25) is 0 Å². The van der Waals surface area contributed by atoms with E-state index in [9.17, 15) is 0 Å². The van der Waals surface area contributed by atoms with Crippen molar-refractivity contribution in [1.82, 2.24) is 14.9 Å². The number of para-hydroxylation sites is 1. The standard InChI is InChI=1S/C14H17N3O2/c1-17-6-5-16-13(17)10-15-9-11-3-2-4-12-14(11)19-8-7-18-12/h2-6,15H,7-10H2,1H3. The van der Waals surface area contributed by atoms with Crippen molar-refractivity contribution in [3.63, 3.8) is 0 Å². The predicted molar refractivity (Wildman–Crippen MR) is 71.2 cm³/mol. The van der Waals surface area contributed by atoms with E-state index < -0.39 is 0 Å². The number of ether oxygens (including phenoxy) is 2. The van der Waals surface area contributed by atoms with Crippen LogP contribution in [-0.2, 0) is 20.1 Å². The Morgan fingerprint density at radius 1 is 1.26 bits per heavy atom. The summed E-state index contributed by atoms with van der Waals surface area (Å²) in [5.41, 5.74) is 1.12. The van der Waals surface area contributed by atoms with Crippen molar-refractivity contribution in [3.05, 3.63) is 42.0 Å². The number of hydrogen-bond acceptors (Lipinski definition) is 4. The molecule has 0 saturated carbocycles. The SMILES string of the molecule is Cn1ccnc1CNCc1cccc2c1OCCO2. The number of imidazole rings is 1. The molecule has 2 aromatic rings. The van der Waals surface area contributed by atoms with E-state index in [-0.39, 0.29) is 0 Å². The number of nitrogens with one attached hydrogen (secondary N) is 1. The van der Waals surface area contributed by atoms with Crippen molar-refractivity contribution >= 4 is 0 Å². The van der Waals surface area contributed by atoms with E-state index in [1.165, 1.54) is 0 Å². The van der Waals surface area contributed by atoms with Gasteiger partial charge in [-0.3, -0.25) is 0 Å². The average molecular weight is 259 g/mol. The highest BCUT2D eigenvalue weighted by Crippen LogP contribution is 2.33. The lowest BCUT2D eigenvalue weighted by Crippen LogP contribution is -2.20. The second kappa shape index (κ2) is 5.32. The molecule has 0 radical (unpaired) electrons. The fourth-order valence-electron chi connectivity index (χ4n) is 2.15. The van der Waals surface area contributed by atoms with Crippen molar-refractivity contribution in [1.29, 1.82) is 0 Å². The molecule has 1 aromatic carbocycles. The Morgan fingerprint density at radius 3 is 3.00 bits per heavy atom. The van der Waals surface area contributed by atoms with Crippen LogP contribution in [0, 0.1) is 0 Å². The van der Waals surface area contributed by atoms with Gasteiger partial charge in [-0.15, -0.1) is 0 Å². The van der Waals surface area contributed by atoms with Gasteiger partial charge in [-0.2, -0.15) is 0 Å². The Kier molecular flexibility index (Phi) is 3.37. The van der Waals surface area contributed by atoms with Gasteiger partial charge in [-0.25, -0.2) is 4.98 Å². The van der Waals surface area contributed by atoms with Crippen LogP contribution in [0.2, 0.25) is 0 Å². The Hall–Kier alpha value is -2.01. The zero-order valence-corrected chi connectivity index (χ0v) is 10.9. The normalized spacial score (nSPS) is 13.5. The first kappa shape index (κ1) is 12.0. The van der Waals surface area contributed by atoms with Crippen LogP contribution in [-0.4, -0.2) is 22.8 Å². The Labute approximate surface area is 112 Å². The predicted octanol–water partition coefficient (Wildman–Crippen LogP) is 1.48. The van der Waals surface area contributed by atoms with E-state index in [2.05, 4.69) is 16.4 Å². The van der Waals surface area contributed by atoms with Gasteiger partial charge < -0.3 is 19.4 Å². The van der Waals surface area contributed by atoms with Gasteiger partial charge in [-0.1, -0.05) is 12.1 Å². The lowest BCUT2D eigenvalue weighted by atomic mass is 10.1. The molecule has 5 nitrogen and oxygen atoms in total. The molecule has 3 rings (SSSR count). The van der Waals surface area contributed by atoms with Crippen molar-refractivity contribution < 1.29 is 9.47 Å². The summed E-state index contributed by atoms with van der Waals surface area (Å²) >= 11 is 0. The largest absolute Gasteiger partial charge is 0.486 e. The van der Waals surface area contributed by atoms with E-state index in [1.54, 1.807) is 6.20 Å². The molecule has 0 aliphatic carbocycles. The maximum atomic E-state index is 5.68. The molecule has 1 aliphatic heterocycles. The molecular weight excluding hydrogens is 242 g/mol. The summed E-state index contributed by atoms with van der Waals surface area (Å²) in [5, 5.41) is 3.38. The van der Waals surface area contributed by atoms with E-state index >= 15 is 0 Å². The minimum Gasteiger partial charge on any atom is -0.486 e. The van der Waals surface area contributed by atoms with Gasteiger partial charge in [0, 0.05) is 31.5 Å². The average Bonchev–Trinajstić information content (AvgIpc) is 2.85. The molecular formula is C14H17N3O2. The van der Waals surface area contributed by atoms with Gasteiger partial charge in [-0.05, 0) is 6.07 Å². The monoisotopic (exact) mass is 259 g/mol. The highest BCUT2D eigenvalue weighted by molar-refractivity contribution is 5.47. The van der Waals surface area contributed by atoms with Gasteiger partial charge in [0.1, 0.15) is 19.0 Å². The topological polar surface area (TPSA) is 48.3 Å². The molecule has 1 aliphatic rings. The number of nitrogens with zero attached hydrogens (tertiary/aromatic N) is 2. The van der Waals surface area contributed by atoms with Gasteiger partial charge in [0.05, 0.1) is 6.54 Å². The van der Waals surface area contributed by atoms with Crippen LogP contribution in [0.15, 0.2) is 30.6 Å². The van der Waals surface area contributed by atoms with E-state index in [4.69, 9.17) is 9.47 Å². The molecule has 5 heteroatoms. The summed E-state index contributed by atoms with van der Waals surface area (Å²) in [5.74, 6) is 2.71. The Morgan fingerprint density at radius 2 is 2.16 bits per heavy atom. The molecule has 0 fully saturated rings. The lowest BCUT2D eigenvalue weighted by Gasteiger charge is -2.21. The third-order valence-corrected chi connectivity index (χ3v) is 3.17. The van der Waals surface area contributed by atoms with Crippen molar-refractivity contribution in [3.8, 4) is 11.5 Å². The maximum absolute atomic E-state index is 5.68. The molecule has 0 saturated heterocycles. The first-order valence-corrected chi connectivity index (χ1v) is 6.39. The van der Waals surface area contributed by atoms with Crippen LogP contribution in [0.4, 0.5) is 0 Å². The first-order chi connectivity index (χ1) is 9.34. The van der Waals surface area contributed by atoms with Crippen LogP contribution in [0.25, 0.3) is 0 Å². The number of aryl methyl sites for hydroxylation is 1. The minimum atomic E-state index is 0.614. The third kappa shape index (κ3) is 2.56. The molecule has 1 N–H and O–H groups in total. The molecule has 1 aromatic heterocycles. The third-order valence-electron chi connectivity index (χ3n) is 3.17. The van der Waals surface area contributed by atoms with Crippen molar-refractivity contribution in [2.45, 2.75) is 13.1 Å². The Bertz CT molecular complexity index is 566. The minimum absolute atomic E-state index is 0.614. The van der Waals surface area contributed by atoms with E-state index in [1.807, 2.05) is 29.9 Å². The molecule has 0 spiro atoms. The van der Waals surface area contributed by atoms with Crippen LogP contribution in [0.1, 0.15) is 11.4 Å². The fraction of sp³-hybridized carbons (Fsp3) is 0.357. The number of fused-ring (bicyclic) bond motifs is 1. The summed E-state index contributed by atoms with van der Waals surface area (Å²) in [6.07, 6.45) is 3.75. The molecule has 100 valence electrons. The molecule has 0 amide bonds. The number of aromatic nitrogens is 2. The van der Waals surface area contributed by atoms with Crippen LogP contribution >= 0.6 is 0 Å². The second-order valence-corrected chi connectivity index (χ2v) is 4.50. The second-order valence-electron chi connectivity index (χ2n) is 4.50. The number of rotatable bonds is 4. The Balaban J connectivity index is 1.66. The highest BCUT2D eigenvalue weighted by Gasteiger charge is 2.15. The molecule has 0 unspecified atom stereocenters. The van der Waals surface area contributed by atoms with Gasteiger partial charge in [0.15, 0.2) is 11.5 Å². The van der Waals surface area contributed by atoms with Crippen LogP contribution in [0.3, 0.4) is 0 Å². The zero-order chi connectivity index (χ0) is 13.1. The van der Waals surface area contributed by atoms with E-state index in [0.717, 1.165) is 36.0 Å². The van der Waals surface area contributed by atoms with Gasteiger partial charge >= 0.3 is 0 Å². The first-order valence-electron chi connectivity index (χ1n) is 6.39. The summed E-state index contributed by atoms with van der Waals surface area (Å²) in [4.78, 5) is 4.28. The van der Waals surface area contributed by atoms with Gasteiger partial charge in [0.25, 0.3) is 0 Å². The smallest absolute Gasteiger partial charge is 0.165 e. The zero-order valence-electron chi connectivity index (χ0n) is 10.9. The number of benzene rings is 1. The maximum Gasteiger partial charge on any atom is 0.165 e. The summed E-state index contributed by atoms with van der Waals surface area (Å²) in [6.45, 7) is 2.70. The van der Waals surface area contributed by atoms with Crippen LogP contribution < -0.4 is 14.8 Å². The molecule has 19 heavy (non-hydrogen) atoms. The molecule has 0 atom stereocenters. The van der Waals surface area contributed by atoms with Crippen LogP contribution in [0.5, 0.6) is 11.5 Å². The van der Waals surface area contributed by atoms with E-state index in [0.29, 0.717) is 13.2 Å². The molecule has 2 heterocycles. The quantitative estimate of drug-likeness (QED) is 0.903. The molecule has 0 bridgehead atoms. The number of hydrogen-bond donors (Lipinski definition) is 1. The summed E-state index contributed by atoms with van der Waals surface area (Å²) in [7, 11) is 1.99. The fourth-order valence-corrected chi connectivity index (χ4v) is 2.15. The van der Waals surface area contributed by atoms with Crippen molar-refractivity contribution in [2.75, 3.05) is 13.2 Å². The summed E-state index contributed by atoms with van der Waals surface area (Å²) < 4.78 is 13.3.